The zero-order valence-electron chi connectivity index (χ0n) is 8.39. The van der Waals surface area contributed by atoms with Gasteiger partial charge in [0.15, 0.2) is 0 Å². The number of hydrogen-bond donors (Lipinski definition) is 1. The Morgan fingerprint density at radius 2 is 2.21 bits per heavy atom. The summed E-state index contributed by atoms with van der Waals surface area (Å²) in [6.45, 7) is 5.41. The van der Waals surface area contributed by atoms with Crippen molar-refractivity contribution in [3.8, 4) is 0 Å². The molecule has 0 bridgehead atoms. The van der Waals surface area contributed by atoms with Gasteiger partial charge in [-0.15, -0.1) is 11.3 Å². The van der Waals surface area contributed by atoms with Crippen LogP contribution in [0.2, 0.25) is 5.02 Å². The van der Waals surface area contributed by atoms with Gasteiger partial charge >= 0.3 is 0 Å². The van der Waals surface area contributed by atoms with Crippen molar-refractivity contribution >= 4 is 22.9 Å². The Balaban J connectivity index is 2.49. The summed E-state index contributed by atoms with van der Waals surface area (Å²) in [5.41, 5.74) is 6.86. The number of hydrogen-bond acceptors (Lipinski definition) is 3. The van der Waals surface area contributed by atoms with E-state index in [1.54, 1.807) is 11.3 Å². The minimum absolute atomic E-state index is 0.348. The molecule has 2 rings (SSSR count). The van der Waals surface area contributed by atoms with Crippen LogP contribution in [0, 0.1) is 0 Å². The Morgan fingerprint density at radius 3 is 2.79 bits per heavy atom. The Labute approximate surface area is 93.0 Å². The molecule has 0 aliphatic carbocycles. The van der Waals surface area contributed by atoms with Crippen molar-refractivity contribution in [1.29, 1.82) is 0 Å². The first-order valence-electron chi connectivity index (χ1n) is 4.67. The lowest BCUT2D eigenvalue weighted by Crippen LogP contribution is -2.27. The van der Waals surface area contributed by atoms with Crippen molar-refractivity contribution in [2.75, 3.05) is 6.61 Å². The molecule has 4 heteroatoms. The van der Waals surface area contributed by atoms with Gasteiger partial charge in [0.05, 0.1) is 18.2 Å². The highest BCUT2D eigenvalue weighted by Crippen LogP contribution is 2.40. The van der Waals surface area contributed by atoms with Crippen LogP contribution in [0.3, 0.4) is 0 Å². The van der Waals surface area contributed by atoms with Crippen LogP contribution < -0.4 is 5.73 Å². The molecule has 1 aromatic heterocycles. The topological polar surface area (TPSA) is 35.2 Å². The van der Waals surface area contributed by atoms with E-state index in [-0.39, 0.29) is 5.54 Å². The first kappa shape index (κ1) is 10.4. The number of thiophene rings is 1. The largest absolute Gasteiger partial charge is 0.376 e. The monoisotopic (exact) mass is 231 g/mol. The van der Waals surface area contributed by atoms with Crippen LogP contribution in [0.25, 0.3) is 0 Å². The third-order valence-electron chi connectivity index (χ3n) is 2.33. The summed E-state index contributed by atoms with van der Waals surface area (Å²) in [5.74, 6) is 0. The molecule has 78 valence electrons. The fourth-order valence-electron chi connectivity index (χ4n) is 1.59. The minimum atomic E-state index is -0.348. The van der Waals surface area contributed by atoms with E-state index in [2.05, 4.69) is 0 Å². The molecule has 1 aliphatic rings. The van der Waals surface area contributed by atoms with Gasteiger partial charge in [0, 0.05) is 27.3 Å². The van der Waals surface area contributed by atoms with Gasteiger partial charge in [0.25, 0.3) is 0 Å². The van der Waals surface area contributed by atoms with Crippen LogP contribution in [-0.4, -0.2) is 6.61 Å². The van der Waals surface area contributed by atoms with Gasteiger partial charge in [-0.3, -0.25) is 0 Å². The van der Waals surface area contributed by atoms with E-state index in [4.69, 9.17) is 22.1 Å². The second-order valence-corrected chi connectivity index (χ2v) is 5.65. The summed E-state index contributed by atoms with van der Waals surface area (Å²) in [7, 11) is 0. The molecule has 0 aromatic carbocycles. The fourth-order valence-corrected chi connectivity index (χ4v) is 3.36. The molecule has 0 spiro atoms. The highest BCUT2D eigenvalue weighted by atomic mass is 35.5. The number of halogens is 1. The fraction of sp³-hybridized carbons (Fsp3) is 0.600. The van der Waals surface area contributed by atoms with Gasteiger partial charge < -0.3 is 10.5 Å². The smallest absolute Gasteiger partial charge is 0.0742 e. The van der Waals surface area contributed by atoms with Crippen molar-refractivity contribution in [3.63, 3.8) is 0 Å². The normalized spacial score (nSPS) is 16.9. The lowest BCUT2D eigenvalue weighted by molar-refractivity contribution is 0.112. The summed E-state index contributed by atoms with van der Waals surface area (Å²) in [6.07, 6.45) is 0.968. The molecule has 2 N–H and O–H groups in total. The van der Waals surface area contributed by atoms with Crippen molar-refractivity contribution in [1.82, 2.24) is 0 Å². The standard InChI is InChI=1S/C10H14ClNOS/c1-10(2,12)9-8(11)6-5-13-4-3-7(6)14-9/h3-5,12H2,1-2H3. The highest BCUT2D eigenvalue weighted by Gasteiger charge is 2.26. The van der Waals surface area contributed by atoms with Crippen molar-refractivity contribution in [2.24, 2.45) is 5.73 Å². The number of ether oxygens (including phenoxy) is 1. The third-order valence-corrected chi connectivity index (χ3v) is 4.49. The molecule has 0 atom stereocenters. The van der Waals surface area contributed by atoms with E-state index in [0.29, 0.717) is 6.61 Å². The van der Waals surface area contributed by atoms with E-state index in [9.17, 15) is 0 Å². The van der Waals surface area contributed by atoms with E-state index in [1.807, 2.05) is 13.8 Å². The van der Waals surface area contributed by atoms with Gasteiger partial charge in [-0.1, -0.05) is 11.6 Å². The lowest BCUT2D eigenvalue weighted by atomic mass is 10.0. The second kappa shape index (κ2) is 3.49. The van der Waals surface area contributed by atoms with Crippen molar-refractivity contribution < 1.29 is 4.74 Å². The SMILES string of the molecule is CC(C)(N)c1sc2c(c1Cl)COCC2. The van der Waals surface area contributed by atoms with Gasteiger partial charge in [0.2, 0.25) is 0 Å². The number of fused-ring (bicyclic) bond motifs is 1. The highest BCUT2D eigenvalue weighted by molar-refractivity contribution is 7.13. The first-order chi connectivity index (χ1) is 6.50. The summed E-state index contributed by atoms with van der Waals surface area (Å²) < 4.78 is 5.38. The molecule has 0 unspecified atom stereocenters. The Bertz CT molecular complexity index is 354. The predicted octanol–water partition coefficient (Wildman–Crippen LogP) is 2.67. The van der Waals surface area contributed by atoms with E-state index < -0.39 is 0 Å². The van der Waals surface area contributed by atoms with Crippen molar-refractivity contribution in [2.45, 2.75) is 32.4 Å². The molecule has 0 amide bonds. The molecule has 0 saturated heterocycles. The predicted molar refractivity (Wildman–Crippen MR) is 59.9 cm³/mol. The zero-order chi connectivity index (χ0) is 10.3. The van der Waals surface area contributed by atoms with E-state index in [0.717, 1.165) is 28.5 Å². The van der Waals surface area contributed by atoms with Gasteiger partial charge in [0.1, 0.15) is 0 Å². The third kappa shape index (κ3) is 1.70. The van der Waals surface area contributed by atoms with Gasteiger partial charge in [-0.05, 0) is 13.8 Å². The molecule has 2 heterocycles. The second-order valence-electron chi connectivity index (χ2n) is 4.17. The molecule has 1 aliphatic heterocycles. The molecule has 0 saturated carbocycles. The zero-order valence-corrected chi connectivity index (χ0v) is 9.97. The molecule has 1 aromatic rings. The van der Waals surface area contributed by atoms with Crippen molar-refractivity contribution in [3.05, 3.63) is 20.3 Å². The molecular weight excluding hydrogens is 218 g/mol. The summed E-state index contributed by atoms with van der Waals surface area (Å²) in [5, 5.41) is 0.817. The first-order valence-corrected chi connectivity index (χ1v) is 5.86. The van der Waals surface area contributed by atoms with Crippen LogP contribution in [0.15, 0.2) is 0 Å². The van der Waals surface area contributed by atoms with Crippen LogP contribution in [-0.2, 0) is 23.3 Å². The summed E-state index contributed by atoms with van der Waals surface area (Å²) >= 11 is 8.01. The quantitative estimate of drug-likeness (QED) is 0.807. The molecule has 0 radical (unpaired) electrons. The van der Waals surface area contributed by atoms with E-state index in [1.165, 1.54) is 4.88 Å². The number of nitrogens with two attached hydrogens (primary N) is 1. The van der Waals surface area contributed by atoms with Gasteiger partial charge in [-0.25, -0.2) is 0 Å². The molecule has 2 nitrogen and oxygen atoms in total. The van der Waals surface area contributed by atoms with Crippen LogP contribution in [0.1, 0.15) is 29.2 Å². The molecule has 0 fully saturated rings. The number of rotatable bonds is 1. The molecule has 14 heavy (non-hydrogen) atoms. The average molecular weight is 232 g/mol. The minimum Gasteiger partial charge on any atom is -0.376 e. The summed E-state index contributed by atoms with van der Waals surface area (Å²) in [6, 6.07) is 0. The Kier molecular flexibility index (Phi) is 2.60. The maximum Gasteiger partial charge on any atom is 0.0742 e. The maximum atomic E-state index is 6.28. The summed E-state index contributed by atoms with van der Waals surface area (Å²) in [4.78, 5) is 2.42. The maximum absolute atomic E-state index is 6.28. The molecular formula is C10H14ClNOS. The lowest BCUT2D eigenvalue weighted by Gasteiger charge is -2.17. The average Bonchev–Trinajstić information content (AvgIpc) is 2.44. The Hall–Kier alpha value is -0.0900. The van der Waals surface area contributed by atoms with Crippen LogP contribution >= 0.6 is 22.9 Å². The van der Waals surface area contributed by atoms with E-state index >= 15 is 0 Å². The van der Waals surface area contributed by atoms with Crippen LogP contribution in [0.4, 0.5) is 0 Å². The van der Waals surface area contributed by atoms with Crippen LogP contribution in [0.5, 0.6) is 0 Å². The Morgan fingerprint density at radius 1 is 1.50 bits per heavy atom. The van der Waals surface area contributed by atoms with Gasteiger partial charge in [-0.2, -0.15) is 0 Å².